The molecule has 0 unspecified atom stereocenters. The van der Waals surface area contributed by atoms with Gasteiger partial charge in [0.15, 0.2) is 0 Å². The fraction of sp³-hybridized carbons (Fsp3) is 0.273. The molecule has 1 N–H and O–H groups in total. The highest BCUT2D eigenvalue weighted by molar-refractivity contribution is 8.26. The Labute approximate surface area is 189 Å². The predicted octanol–water partition coefficient (Wildman–Crippen LogP) is 4.58. The van der Waals surface area contributed by atoms with Crippen molar-refractivity contribution in [1.82, 2.24) is 4.90 Å². The van der Waals surface area contributed by atoms with Gasteiger partial charge in [-0.3, -0.25) is 14.5 Å². The van der Waals surface area contributed by atoms with Crippen LogP contribution >= 0.6 is 24.0 Å². The van der Waals surface area contributed by atoms with Gasteiger partial charge in [0.1, 0.15) is 15.8 Å². The Morgan fingerprint density at radius 3 is 2.58 bits per heavy atom. The molecule has 0 saturated carbocycles. The van der Waals surface area contributed by atoms with Gasteiger partial charge in [-0.05, 0) is 44.5 Å². The minimum atomic E-state index is -0.908. The number of nitrogens with zero attached hydrogens (tertiary/aromatic N) is 1. The number of carbonyl (C=O) groups excluding carboxylic acids is 2. The Balaban J connectivity index is 1.69. The molecule has 0 atom stereocenters. The summed E-state index contributed by atoms with van der Waals surface area (Å²) in [5.41, 5.74) is 1.23. The number of hydrogen-bond acceptors (Lipinski definition) is 7. The van der Waals surface area contributed by atoms with Crippen molar-refractivity contribution in [3.05, 3.63) is 52.6 Å². The summed E-state index contributed by atoms with van der Waals surface area (Å²) in [6.45, 7) is 3.85. The van der Waals surface area contributed by atoms with Crippen molar-refractivity contribution < 1.29 is 28.6 Å². The molecule has 9 heteroatoms. The molecule has 2 aromatic rings. The Hall–Kier alpha value is -2.91. The van der Waals surface area contributed by atoms with E-state index in [9.17, 15) is 14.4 Å². The zero-order chi connectivity index (χ0) is 22.5. The summed E-state index contributed by atoms with van der Waals surface area (Å²) < 4.78 is 11.4. The molecule has 1 saturated heterocycles. The number of carboxylic acid groups (broad SMARTS) is 1. The molecule has 1 aromatic carbocycles. The lowest BCUT2D eigenvalue weighted by atomic mass is 10.1. The van der Waals surface area contributed by atoms with E-state index in [0.29, 0.717) is 32.7 Å². The van der Waals surface area contributed by atoms with Crippen LogP contribution in [0.2, 0.25) is 0 Å². The van der Waals surface area contributed by atoms with E-state index in [1.54, 1.807) is 56.3 Å². The highest BCUT2D eigenvalue weighted by Gasteiger charge is 2.32. The number of rotatable bonds is 8. The molecule has 0 radical (unpaired) electrons. The number of esters is 1. The first-order chi connectivity index (χ1) is 14.7. The van der Waals surface area contributed by atoms with Crippen molar-refractivity contribution in [2.45, 2.75) is 32.8 Å². The number of amides is 1. The molecule has 0 aliphatic carbocycles. The highest BCUT2D eigenvalue weighted by atomic mass is 32.2. The first-order valence-corrected chi connectivity index (χ1v) is 10.9. The smallest absolute Gasteiger partial charge is 0.338 e. The van der Waals surface area contributed by atoms with Gasteiger partial charge in [0.2, 0.25) is 0 Å². The third kappa shape index (κ3) is 5.83. The molecule has 1 aliphatic heterocycles. The van der Waals surface area contributed by atoms with Gasteiger partial charge in [0.25, 0.3) is 5.91 Å². The Morgan fingerprint density at radius 1 is 1.23 bits per heavy atom. The van der Waals surface area contributed by atoms with Gasteiger partial charge in [-0.25, -0.2) is 4.79 Å². The number of hydrogen-bond donors (Lipinski definition) is 1. The second kappa shape index (κ2) is 9.93. The lowest BCUT2D eigenvalue weighted by Crippen LogP contribution is -2.29. The first-order valence-electron chi connectivity index (χ1n) is 9.63. The summed E-state index contributed by atoms with van der Waals surface area (Å²) >= 11 is 6.40. The van der Waals surface area contributed by atoms with Crippen molar-refractivity contribution in [2.75, 3.05) is 6.54 Å². The molecule has 7 nitrogen and oxygen atoms in total. The molecule has 31 heavy (non-hydrogen) atoms. The first kappa shape index (κ1) is 22.8. The van der Waals surface area contributed by atoms with Gasteiger partial charge in [0, 0.05) is 24.6 Å². The van der Waals surface area contributed by atoms with Crippen LogP contribution in [0.3, 0.4) is 0 Å². The number of aliphatic carboxylic acids is 1. The van der Waals surface area contributed by atoms with Gasteiger partial charge >= 0.3 is 11.9 Å². The molecule has 1 aromatic heterocycles. The van der Waals surface area contributed by atoms with Crippen LogP contribution in [0.15, 0.2) is 45.7 Å². The highest BCUT2D eigenvalue weighted by Crippen LogP contribution is 2.33. The van der Waals surface area contributed by atoms with Crippen LogP contribution in [-0.2, 0) is 14.3 Å². The zero-order valence-corrected chi connectivity index (χ0v) is 18.6. The minimum Gasteiger partial charge on any atom is -0.481 e. The van der Waals surface area contributed by atoms with E-state index in [-0.39, 0.29) is 30.9 Å². The normalized spacial score (nSPS) is 15.2. The van der Waals surface area contributed by atoms with Crippen LogP contribution in [0.4, 0.5) is 0 Å². The van der Waals surface area contributed by atoms with E-state index in [4.69, 9.17) is 26.5 Å². The molecular weight excluding hydrogens is 438 g/mol. The third-order valence-corrected chi connectivity index (χ3v) is 5.67. The summed E-state index contributed by atoms with van der Waals surface area (Å²) in [6.07, 6.45) is 1.74. The number of carboxylic acids is 1. The molecular formula is C22H21NO6S2. The molecule has 3 rings (SSSR count). The molecule has 1 fully saturated rings. The van der Waals surface area contributed by atoms with Gasteiger partial charge < -0.3 is 14.3 Å². The predicted molar refractivity (Wildman–Crippen MR) is 121 cm³/mol. The van der Waals surface area contributed by atoms with E-state index >= 15 is 0 Å². The van der Waals surface area contributed by atoms with Gasteiger partial charge in [0.05, 0.1) is 16.6 Å². The number of benzene rings is 1. The second-order valence-electron chi connectivity index (χ2n) is 7.06. The van der Waals surface area contributed by atoms with Crippen LogP contribution in [0.1, 0.15) is 42.8 Å². The Morgan fingerprint density at radius 2 is 1.94 bits per heavy atom. The second-order valence-corrected chi connectivity index (χ2v) is 8.74. The van der Waals surface area contributed by atoms with E-state index < -0.39 is 5.97 Å². The van der Waals surface area contributed by atoms with E-state index in [0.717, 1.165) is 17.3 Å². The topological polar surface area (TPSA) is 97.0 Å². The number of carbonyl (C=O) groups is 3. The van der Waals surface area contributed by atoms with Crippen molar-refractivity contribution in [3.8, 4) is 11.3 Å². The van der Waals surface area contributed by atoms with E-state index in [2.05, 4.69) is 0 Å². The van der Waals surface area contributed by atoms with E-state index in [1.807, 2.05) is 0 Å². The lowest BCUT2D eigenvalue weighted by molar-refractivity contribution is -0.137. The SMILES string of the molecule is CC(C)OC(=O)c1ccc(-c2ccc(/C=C3/SC(=S)N(CCCC(=O)O)C3=O)o2)cc1. The molecule has 162 valence electrons. The largest absolute Gasteiger partial charge is 0.481 e. The average molecular weight is 460 g/mol. The fourth-order valence-electron chi connectivity index (χ4n) is 2.85. The van der Waals surface area contributed by atoms with Crippen molar-refractivity contribution in [3.63, 3.8) is 0 Å². The van der Waals surface area contributed by atoms with Crippen LogP contribution in [-0.4, -0.2) is 44.8 Å². The van der Waals surface area contributed by atoms with Crippen LogP contribution in [0.5, 0.6) is 0 Å². The summed E-state index contributed by atoms with van der Waals surface area (Å²) in [6, 6.07) is 10.4. The summed E-state index contributed by atoms with van der Waals surface area (Å²) in [5.74, 6) is -0.469. The number of thiocarbonyl (C=S) groups is 1. The van der Waals surface area contributed by atoms with Gasteiger partial charge in [-0.15, -0.1) is 0 Å². The molecule has 1 aliphatic rings. The third-order valence-electron chi connectivity index (χ3n) is 4.29. The monoisotopic (exact) mass is 459 g/mol. The number of ether oxygens (including phenoxy) is 1. The summed E-state index contributed by atoms with van der Waals surface area (Å²) in [5, 5.41) is 8.75. The standard InChI is InChI=1S/C22H21NO6S2/c1-13(2)28-21(27)15-7-5-14(6-8-15)17-10-9-16(29-17)12-18-20(26)23(22(30)31-18)11-3-4-19(24)25/h5-10,12-13H,3-4,11H2,1-2H3,(H,24,25)/b18-12+. The molecule has 2 heterocycles. The molecule has 0 bridgehead atoms. The number of furan rings is 1. The van der Waals surface area contributed by atoms with Crippen molar-refractivity contribution >= 4 is 52.2 Å². The number of thioether (sulfide) groups is 1. The summed E-state index contributed by atoms with van der Waals surface area (Å²) in [4.78, 5) is 37.0. The lowest BCUT2D eigenvalue weighted by Gasteiger charge is -2.13. The average Bonchev–Trinajstić information content (AvgIpc) is 3.27. The van der Waals surface area contributed by atoms with Crippen LogP contribution in [0.25, 0.3) is 17.4 Å². The van der Waals surface area contributed by atoms with Crippen LogP contribution in [0, 0.1) is 0 Å². The maximum Gasteiger partial charge on any atom is 0.338 e. The molecule has 1 amide bonds. The summed E-state index contributed by atoms with van der Waals surface area (Å²) in [7, 11) is 0. The van der Waals surface area contributed by atoms with Gasteiger partial charge in [-0.1, -0.05) is 36.1 Å². The minimum absolute atomic E-state index is 0.0222. The van der Waals surface area contributed by atoms with Crippen molar-refractivity contribution in [1.29, 1.82) is 0 Å². The van der Waals surface area contributed by atoms with Gasteiger partial charge in [-0.2, -0.15) is 0 Å². The van der Waals surface area contributed by atoms with E-state index in [1.165, 1.54) is 4.90 Å². The zero-order valence-electron chi connectivity index (χ0n) is 17.0. The fourth-order valence-corrected chi connectivity index (χ4v) is 4.14. The van der Waals surface area contributed by atoms with Crippen LogP contribution < -0.4 is 0 Å². The Bertz CT molecular complexity index is 1040. The maximum absolute atomic E-state index is 12.6. The molecule has 0 spiro atoms. The Kier molecular flexibility index (Phi) is 7.29. The quantitative estimate of drug-likeness (QED) is 0.348. The van der Waals surface area contributed by atoms with Crippen molar-refractivity contribution in [2.24, 2.45) is 0 Å². The maximum atomic E-state index is 12.6.